The Morgan fingerprint density at radius 2 is 1.70 bits per heavy atom. The summed E-state index contributed by atoms with van der Waals surface area (Å²) in [7, 11) is 0.785. The van der Waals surface area contributed by atoms with Gasteiger partial charge in [0, 0.05) is 5.41 Å². The highest BCUT2D eigenvalue weighted by Crippen LogP contribution is 2.33. The highest BCUT2D eigenvalue weighted by molar-refractivity contribution is 5.98. The van der Waals surface area contributed by atoms with Gasteiger partial charge in [-0.15, -0.1) is 6.58 Å². The molecule has 0 atom stereocenters. The van der Waals surface area contributed by atoms with Gasteiger partial charge in [-0.25, -0.2) is 0 Å². The van der Waals surface area contributed by atoms with Gasteiger partial charge >= 0.3 is 0 Å². The summed E-state index contributed by atoms with van der Waals surface area (Å²) in [6.07, 6.45) is 1.95. The summed E-state index contributed by atoms with van der Waals surface area (Å²) < 4.78 is 5.46. The molecule has 0 bridgehead atoms. The topological polar surface area (TPSA) is 9.23 Å². The van der Waals surface area contributed by atoms with Gasteiger partial charge in [-0.2, -0.15) is 0 Å². The van der Waals surface area contributed by atoms with Gasteiger partial charge in [0.05, 0.1) is 5.60 Å². The zero-order valence-corrected chi connectivity index (χ0v) is 9.69. The largest absolute Gasteiger partial charge is 0.422 e. The third-order valence-electron chi connectivity index (χ3n) is 2.57. The van der Waals surface area contributed by atoms with Crippen molar-refractivity contribution in [2.75, 3.05) is 0 Å². The number of hydrogen-bond donors (Lipinski definition) is 0. The van der Waals surface area contributed by atoms with Crippen LogP contribution in [0.1, 0.15) is 27.7 Å². The fraction of sp³-hybridized carbons (Fsp3) is 0.750. The third-order valence-corrected chi connectivity index (χ3v) is 3.59. The molecule has 0 saturated carbocycles. The molecule has 0 fully saturated rings. The molecule has 0 radical (unpaired) electrons. The minimum absolute atomic E-state index is 0.0642. The summed E-state index contributed by atoms with van der Waals surface area (Å²) in [5.74, 6) is 0. The Bertz CT molecular complexity index is 127. The summed E-state index contributed by atoms with van der Waals surface area (Å²) >= 11 is 0. The fourth-order valence-electron chi connectivity index (χ4n) is 0.509. The van der Waals surface area contributed by atoms with Crippen LogP contribution in [-0.2, 0) is 4.43 Å². The van der Waals surface area contributed by atoms with E-state index in [4.69, 9.17) is 4.43 Å². The second kappa shape index (κ2) is 2.89. The van der Waals surface area contributed by atoms with Crippen LogP contribution in [0, 0.1) is 5.41 Å². The van der Waals surface area contributed by atoms with Crippen molar-refractivity contribution in [2.24, 2.45) is 5.41 Å². The van der Waals surface area contributed by atoms with Crippen molar-refractivity contribution < 1.29 is 4.43 Å². The van der Waals surface area contributed by atoms with Gasteiger partial charge in [0.25, 0.3) is 0 Å². The Morgan fingerprint density at radius 1 is 1.30 bits per heavy atom. The van der Waals surface area contributed by atoms with Gasteiger partial charge in [-0.3, -0.25) is 0 Å². The second-order valence-electron chi connectivity index (χ2n) is 3.64. The van der Waals surface area contributed by atoms with Gasteiger partial charge < -0.3 is 4.43 Å². The zero-order valence-electron chi connectivity index (χ0n) is 7.69. The molecular formula is C8H18OSi. The Hall–Kier alpha value is -0.0831. The van der Waals surface area contributed by atoms with Crippen molar-refractivity contribution in [3.8, 4) is 0 Å². The first-order valence-electron chi connectivity index (χ1n) is 3.56. The average molecular weight is 158 g/mol. The van der Waals surface area contributed by atoms with Gasteiger partial charge in [-0.05, 0) is 13.8 Å². The third kappa shape index (κ3) is 1.70. The highest BCUT2D eigenvalue weighted by atomic mass is 28.2. The van der Waals surface area contributed by atoms with Gasteiger partial charge in [0.1, 0.15) is 10.5 Å². The molecule has 0 aliphatic heterocycles. The molecule has 0 aliphatic carbocycles. The van der Waals surface area contributed by atoms with E-state index < -0.39 is 0 Å². The first-order chi connectivity index (χ1) is 4.37. The van der Waals surface area contributed by atoms with Crippen molar-refractivity contribution in [3.05, 3.63) is 12.7 Å². The van der Waals surface area contributed by atoms with Gasteiger partial charge in [-0.1, -0.05) is 19.9 Å². The van der Waals surface area contributed by atoms with E-state index in [9.17, 15) is 0 Å². The predicted molar refractivity (Wildman–Crippen MR) is 49.1 cm³/mol. The molecule has 0 aliphatic rings. The van der Waals surface area contributed by atoms with E-state index in [0.29, 0.717) is 0 Å². The Morgan fingerprint density at radius 3 is 1.80 bits per heavy atom. The van der Waals surface area contributed by atoms with Crippen LogP contribution in [-0.4, -0.2) is 16.1 Å². The molecule has 2 heteroatoms. The standard InChI is InChI=1S/C8H18OSi/c1-6-7(2,3)8(4,5)9-10/h6H,1H2,2-5,10H3. The molecule has 0 aromatic heterocycles. The fourth-order valence-corrected chi connectivity index (χ4v) is 1.03. The monoisotopic (exact) mass is 158 g/mol. The summed E-state index contributed by atoms with van der Waals surface area (Å²) in [5.41, 5.74) is -0.00424. The van der Waals surface area contributed by atoms with Crippen molar-refractivity contribution in [1.82, 2.24) is 0 Å². The van der Waals surface area contributed by atoms with Crippen molar-refractivity contribution in [2.45, 2.75) is 33.3 Å². The van der Waals surface area contributed by atoms with E-state index in [1.807, 2.05) is 6.08 Å². The van der Waals surface area contributed by atoms with Gasteiger partial charge in [0.2, 0.25) is 0 Å². The molecule has 0 heterocycles. The quantitative estimate of drug-likeness (QED) is 0.444. The maximum atomic E-state index is 5.46. The Kier molecular flexibility index (Phi) is 2.86. The smallest absolute Gasteiger partial charge is 0.146 e. The first-order valence-corrected chi connectivity index (χ1v) is 4.38. The van der Waals surface area contributed by atoms with Crippen LogP contribution < -0.4 is 0 Å². The normalized spacial score (nSPS) is 13.6. The minimum Gasteiger partial charge on any atom is -0.422 e. The van der Waals surface area contributed by atoms with E-state index in [2.05, 4.69) is 34.3 Å². The van der Waals surface area contributed by atoms with Crippen molar-refractivity contribution >= 4 is 10.5 Å². The summed E-state index contributed by atoms with van der Waals surface area (Å²) in [4.78, 5) is 0. The number of rotatable bonds is 3. The molecular weight excluding hydrogens is 140 g/mol. The summed E-state index contributed by atoms with van der Waals surface area (Å²) in [6, 6.07) is 0. The van der Waals surface area contributed by atoms with Crippen LogP contribution in [0.2, 0.25) is 0 Å². The molecule has 0 spiro atoms. The molecule has 1 nitrogen and oxygen atoms in total. The van der Waals surface area contributed by atoms with Crippen LogP contribution in [0.3, 0.4) is 0 Å². The van der Waals surface area contributed by atoms with E-state index in [1.165, 1.54) is 0 Å². The van der Waals surface area contributed by atoms with Crippen LogP contribution >= 0.6 is 0 Å². The maximum absolute atomic E-state index is 5.46. The lowest BCUT2D eigenvalue weighted by Crippen LogP contribution is -2.39. The Balaban J connectivity index is 4.43. The molecule has 60 valence electrons. The van der Waals surface area contributed by atoms with Crippen LogP contribution in [0.15, 0.2) is 12.7 Å². The molecule has 0 aromatic rings. The van der Waals surface area contributed by atoms with Crippen molar-refractivity contribution in [1.29, 1.82) is 0 Å². The maximum Gasteiger partial charge on any atom is 0.146 e. The van der Waals surface area contributed by atoms with E-state index in [-0.39, 0.29) is 11.0 Å². The molecule has 10 heavy (non-hydrogen) atoms. The molecule has 0 unspecified atom stereocenters. The van der Waals surface area contributed by atoms with E-state index >= 15 is 0 Å². The highest BCUT2D eigenvalue weighted by Gasteiger charge is 2.33. The lowest BCUT2D eigenvalue weighted by atomic mass is 9.78. The lowest BCUT2D eigenvalue weighted by Gasteiger charge is -2.38. The van der Waals surface area contributed by atoms with Crippen LogP contribution in [0.4, 0.5) is 0 Å². The SMILES string of the molecule is C=CC(C)(C)C(C)(C)O[SiH3]. The number of hydrogen-bond acceptors (Lipinski definition) is 1. The average Bonchev–Trinajstić information content (AvgIpc) is 1.88. The molecule has 0 saturated heterocycles. The summed E-state index contributed by atoms with van der Waals surface area (Å²) in [6.45, 7) is 12.3. The predicted octanol–water partition coefficient (Wildman–Crippen LogP) is 1.27. The van der Waals surface area contributed by atoms with Gasteiger partial charge in [0.15, 0.2) is 0 Å². The zero-order chi connectivity index (χ0) is 8.41. The molecule has 0 aromatic carbocycles. The molecule has 0 amide bonds. The second-order valence-corrected chi connectivity index (χ2v) is 4.05. The van der Waals surface area contributed by atoms with Crippen LogP contribution in [0.25, 0.3) is 0 Å². The molecule has 0 rings (SSSR count). The van der Waals surface area contributed by atoms with E-state index in [1.54, 1.807) is 0 Å². The van der Waals surface area contributed by atoms with Crippen molar-refractivity contribution in [3.63, 3.8) is 0 Å². The Labute approximate surface area is 67.0 Å². The minimum atomic E-state index is -0.0685. The van der Waals surface area contributed by atoms with Crippen LogP contribution in [0.5, 0.6) is 0 Å². The molecule has 0 N–H and O–H groups in total. The lowest BCUT2D eigenvalue weighted by molar-refractivity contribution is 0.0266. The van der Waals surface area contributed by atoms with E-state index in [0.717, 1.165) is 10.5 Å². The summed E-state index contributed by atoms with van der Waals surface area (Å²) in [5, 5.41) is 0. The first kappa shape index (κ1) is 9.92.